The minimum Gasteiger partial charge on any atom is -0.484 e. The predicted molar refractivity (Wildman–Crippen MR) is 109 cm³/mol. The first kappa shape index (κ1) is 20.5. The first-order chi connectivity index (χ1) is 12.9. The number of nitrogens with one attached hydrogen (secondary N) is 2. The van der Waals surface area contributed by atoms with Gasteiger partial charge in [0.25, 0.3) is 5.91 Å². The molecule has 2 amide bonds. The highest BCUT2D eigenvalue weighted by Gasteiger charge is 2.09. The molecular weight excluding hydrogens is 340 g/mol. The van der Waals surface area contributed by atoms with Gasteiger partial charge in [0.15, 0.2) is 6.61 Å². The number of carbonyl (C=O) groups excluding carboxylic acids is 2. The summed E-state index contributed by atoms with van der Waals surface area (Å²) in [5.74, 6) is 0.736. The summed E-state index contributed by atoms with van der Waals surface area (Å²) in [4.78, 5) is 23.9. The van der Waals surface area contributed by atoms with E-state index >= 15 is 0 Å². The Morgan fingerprint density at radius 1 is 0.963 bits per heavy atom. The molecule has 0 aliphatic carbocycles. The van der Waals surface area contributed by atoms with Gasteiger partial charge in [-0.15, -0.1) is 0 Å². The van der Waals surface area contributed by atoms with E-state index in [1.165, 1.54) is 5.56 Å². The molecule has 0 aliphatic heterocycles. The van der Waals surface area contributed by atoms with Crippen molar-refractivity contribution in [2.75, 3.05) is 17.2 Å². The lowest BCUT2D eigenvalue weighted by atomic mass is 9.99. The summed E-state index contributed by atoms with van der Waals surface area (Å²) in [6, 6.07) is 14.9. The van der Waals surface area contributed by atoms with Crippen LogP contribution in [-0.2, 0) is 9.59 Å². The van der Waals surface area contributed by atoms with Crippen LogP contribution >= 0.6 is 0 Å². The van der Waals surface area contributed by atoms with Crippen molar-refractivity contribution in [3.63, 3.8) is 0 Å². The summed E-state index contributed by atoms with van der Waals surface area (Å²) < 4.78 is 5.55. The fraction of sp³-hybridized carbons (Fsp3) is 0.364. The molecule has 1 atom stereocenters. The van der Waals surface area contributed by atoms with Crippen LogP contribution in [0.3, 0.4) is 0 Å². The van der Waals surface area contributed by atoms with Gasteiger partial charge in [0.1, 0.15) is 5.75 Å². The lowest BCUT2D eigenvalue weighted by Gasteiger charge is -2.12. The quantitative estimate of drug-likeness (QED) is 0.702. The zero-order valence-corrected chi connectivity index (χ0v) is 16.4. The molecule has 5 nitrogen and oxygen atoms in total. The Morgan fingerprint density at radius 3 is 2.19 bits per heavy atom. The molecule has 0 aliphatic rings. The van der Waals surface area contributed by atoms with E-state index in [4.69, 9.17) is 4.74 Å². The highest BCUT2D eigenvalue weighted by molar-refractivity contribution is 5.95. The number of carbonyl (C=O) groups is 2. The number of anilines is 2. The normalized spacial score (nSPS) is 11.7. The summed E-state index contributed by atoms with van der Waals surface area (Å²) in [6.07, 6.45) is 1.08. The highest BCUT2D eigenvalue weighted by atomic mass is 16.5. The van der Waals surface area contributed by atoms with E-state index in [0.29, 0.717) is 23.0 Å². The molecular formula is C22H28N2O3. The Hall–Kier alpha value is -2.82. The number of amides is 2. The SMILES string of the molecule is CC[C@H](C)c1ccc(OCC(=O)Nc2cccc(NC(=O)C(C)C)c2)cc1. The number of benzene rings is 2. The maximum absolute atomic E-state index is 12.1. The third-order valence-corrected chi connectivity index (χ3v) is 4.37. The Balaban J connectivity index is 1.87. The minimum atomic E-state index is -0.256. The molecule has 2 N–H and O–H groups in total. The zero-order chi connectivity index (χ0) is 19.8. The summed E-state index contributed by atoms with van der Waals surface area (Å²) in [6.45, 7) is 7.91. The van der Waals surface area contributed by atoms with Crippen LogP contribution in [0.4, 0.5) is 11.4 Å². The molecule has 0 radical (unpaired) electrons. The maximum Gasteiger partial charge on any atom is 0.262 e. The topological polar surface area (TPSA) is 67.4 Å². The Labute approximate surface area is 161 Å². The Morgan fingerprint density at radius 2 is 1.59 bits per heavy atom. The van der Waals surface area contributed by atoms with E-state index in [9.17, 15) is 9.59 Å². The zero-order valence-electron chi connectivity index (χ0n) is 16.4. The van der Waals surface area contributed by atoms with E-state index in [-0.39, 0.29) is 24.3 Å². The second kappa shape index (κ2) is 9.76. The molecule has 27 heavy (non-hydrogen) atoms. The van der Waals surface area contributed by atoms with Crippen LogP contribution < -0.4 is 15.4 Å². The van der Waals surface area contributed by atoms with E-state index in [1.807, 2.05) is 38.1 Å². The Bertz CT molecular complexity index is 769. The maximum atomic E-state index is 12.1. The molecule has 2 rings (SSSR count). The molecule has 2 aromatic carbocycles. The monoisotopic (exact) mass is 368 g/mol. The standard InChI is InChI=1S/C22H28N2O3/c1-5-16(4)17-9-11-20(12-10-17)27-14-21(25)23-18-7-6-8-19(13-18)24-22(26)15(2)3/h6-13,15-16H,5,14H2,1-4H3,(H,23,25)(H,24,26)/t16-/m0/s1. The van der Waals surface area contributed by atoms with Gasteiger partial charge in [-0.2, -0.15) is 0 Å². The van der Waals surface area contributed by atoms with Gasteiger partial charge in [0.05, 0.1) is 0 Å². The van der Waals surface area contributed by atoms with Gasteiger partial charge in [0.2, 0.25) is 5.91 Å². The van der Waals surface area contributed by atoms with Gasteiger partial charge in [-0.05, 0) is 48.2 Å². The average Bonchev–Trinajstić information content (AvgIpc) is 2.66. The molecule has 0 bridgehead atoms. The van der Waals surface area contributed by atoms with Crippen LogP contribution in [0.5, 0.6) is 5.75 Å². The van der Waals surface area contributed by atoms with Gasteiger partial charge in [-0.3, -0.25) is 9.59 Å². The largest absolute Gasteiger partial charge is 0.484 e. The van der Waals surface area contributed by atoms with E-state index in [1.54, 1.807) is 24.3 Å². The molecule has 0 heterocycles. The fourth-order valence-electron chi connectivity index (χ4n) is 2.44. The lowest BCUT2D eigenvalue weighted by Crippen LogP contribution is -2.21. The smallest absolute Gasteiger partial charge is 0.262 e. The Kier molecular flexibility index (Phi) is 7.41. The second-order valence-electron chi connectivity index (χ2n) is 6.94. The number of hydrogen-bond acceptors (Lipinski definition) is 3. The van der Waals surface area contributed by atoms with Crippen LogP contribution in [0, 0.1) is 5.92 Å². The number of hydrogen-bond donors (Lipinski definition) is 2. The predicted octanol–water partition coefficient (Wildman–Crippen LogP) is 4.81. The lowest BCUT2D eigenvalue weighted by molar-refractivity contribution is -0.119. The van der Waals surface area contributed by atoms with Crippen LogP contribution in [0.1, 0.15) is 45.6 Å². The van der Waals surface area contributed by atoms with Crippen molar-refractivity contribution in [1.82, 2.24) is 0 Å². The summed E-state index contributed by atoms with van der Waals surface area (Å²) in [7, 11) is 0. The van der Waals surface area contributed by atoms with Crippen LogP contribution in [-0.4, -0.2) is 18.4 Å². The van der Waals surface area contributed by atoms with Gasteiger partial charge >= 0.3 is 0 Å². The number of ether oxygens (including phenoxy) is 1. The first-order valence-electron chi connectivity index (χ1n) is 9.32. The molecule has 2 aromatic rings. The highest BCUT2D eigenvalue weighted by Crippen LogP contribution is 2.21. The van der Waals surface area contributed by atoms with Crippen molar-refractivity contribution in [2.24, 2.45) is 5.92 Å². The van der Waals surface area contributed by atoms with E-state index in [2.05, 4.69) is 24.5 Å². The molecule has 0 saturated heterocycles. The average molecular weight is 368 g/mol. The van der Waals surface area contributed by atoms with Crippen molar-refractivity contribution in [3.05, 3.63) is 54.1 Å². The molecule has 0 saturated carbocycles. The van der Waals surface area contributed by atoms with Crippen LogP contribution in [0.2, 0.25) is 0 Å². The van der Waals surface area contributed by atoms with Crippen molar-refractivity contribution in [2.45, 2.75) is 40.0 Å². The minimum absolute atomic E-state index is 0.0670. The number of rotatable bonds is 8. The van der Waals surface area contributed by atoms with Crippen LogP contribution in [0.25, 0.3) is 0 Å². The second-order valence-corrected chi connectivity index (χ2v) is 6.94. The van der Waals surface area contributed by atoms with Gasteiger partial charge < -0.3 is 15.4 Å². The van der Waals surface area contributed by atoms with E-state index in [0.717, 1.165) is 6.42 Å². The van der Waals surface area contributed by atoms with Crippen molar-refractivity contribution in [1.29, 1.82) is 0 Å². The van der Waals surface area contributed by atoms with Gasteiger partial charge in [-0.25, -0.2) is 0 Å². The molecule has 144 valence electrons. The fourth-order valence-corrected chi connectivity index (χ4v) is 2.44. The first-order valence-corrected chi connectivity index (χ1v) is 9.32. The molecule has 0 fully saturated rings. The summed E-state index contributed by atoms with van der Waals surface area (Å²) in [5, 5.41) is 5.59. The molecule has 5 heteroatoms. The summed E-state index contributed by atoms with van der Waals surface area (Å²) >= 11 is 0. The molecule has 0 spiro atoms. The van der Waals surface area contributed by atoms with E-state index < -0.39 is 0 Å². The van der Waals surface area contributed by atoms with Gasteiger partial charge in [-0.1, -0.05) is 45.9 Å². The molecule has 0 aromatic heterocycles. The third kappa shape index (κ3) is 6.44. The van der Waals surface area contributed by atoms with Crippen molar-refractivity contribution >= 4 is 23.2 Å². The molecule has 0 unspecified atom stereocenters. The van der Waals surface area contributed by atoms with Gasteiger partial charge in [0, 0.05) is 17.3 Å². The summed E-state index contributed by atoms with van der Waals surface area (Å²) in [5.41, 5.74) is 2.51. The van der Waals surface area contributed by atoms with Crippen molar-refractivity contribution < 1.29 is 14.3 Å². The third-order valence-electron chi connectivity index (χ3n) is 4.37. The van der Waals surface area contributed by atoms with Crippen molar-refractivity contribution in [3.8, 4) is 5.75 Å². The van der Waals surface area contributed by atoms with Crippen LogP contribution in [0.15, 0.2) is 48.5 Å².